The maximum atomic E-state index is 13.8. The summed E-state index contributed by atoms with van der Waals surface area (Å²) in [6, 6.07) is 3.79. The van der Waals surface area contributed by atoms with Gasteiger partial charge in [0.05, 0.1) is 19.3 Å². The molecule has 106 valence electrons. The highest BCUT2D eigenvalue weighted by Crippen LogP contribution is 2.29. The SMILES string of the molecule is COCc1c(F)ccc(CC2CCCCN2)c1OC. The molecule has 0 radical (unpaired) electrons. The fourth-order valence-electron chi connectivity index (χ4n) is 2.71. The average molecular weight is 267 g/mol. The van der Waals surface area contributed by atoms with Crippen LogP contribution in [0, 0.1) is 5.82 Å². The lowest BCUT2D eigenvalue weighted by Gasteiger charge is -2.24. The Morgan fingerprint density at radius 3 is 2.79 bits per heavy atom. The van der Waals surface area contributed by atoms with Gasteiger partial charge in [-0.2, -0.15) is 0 Å². The number of hydrogen-bond acceptors (Lipinski definition) is 3. The fourth-order valence-corrected chi connectivity index (χ4v) is 2.71. The number of nitrogens with one attached hydrogen (secondary N) is 1. The molecule has 1 unspecified atom stereocenters. The van der Waals surface area contributed by atoms with E-state index in [2.05, 4.69) is 5.32 Å². The molecular weight excluding hydrogens is 245 g/mol. The molecule has 3 nitrogen and oxygen atoms in total. The van der Waals surface area contributed by atoms with Crippen LogP contribution >= 0.6 is 0 Å². The molecule has 1 aromatic carbocycles. The van der Waals surface area contributed by atoms with Crippen LogP contribution in [0.2, 0.25) is 0 Å². The minimum absolute atomic E-state index is 0.237. The number of rotatable bonds is 5. The second kappa shape index (κ2) is 6.87. The largest absolute Gasteiger partial charge is 0.496 e. The predicted molar refractivity (Wildman–Crippen MR) is 73.0 cm³/mol. The lowest BCUT2D eigenvalue weighted by molar-refractivity contribution is 0.177. The van der Waals surface area contributed by atoms with Crippen molar-refractivity contribution in [3.05, 3.63) is 29.1 Å². The first-order valence-electron chi connectivity index (χ1n) is 6.82. The monoisotopic (exact) mass is 267 g/mol. The Labute approximate surface area is 114 Å². The minimum atomic E-state index is -0.265. The first-order valence-corrected chi connectivity index (χ1v) is 6.82. The molecule has 1 aromatic rings. The summed E-state index contributed by atoms with van der Waals surface area (Å²) in [6.07, 6.45) is 4.54. The van der Waals surface area contributed by atoms with Gasteiger partial charge in [-0.25, -0.2) is 4.39 Å². The van der Waals surface area contributed by atoms with Gasteiger partial charge < -0.3 is 14.8 Å². The Hall–Kier alpha value is -1.13. The highest BCUT2D eigenvalue weighted by Gasteiger charge is 2.19. The molecule has 0 saturated carbocycles. The van der Waals surface area contributed by atoms with Crippen molar-refractivity contribution in [1.82, 2.24) is 5.32 Å². The van der Waals surface area contributed by atoms with E-state index >= 15 is 0 Å². The smallest absolute Gasteiger partial charge is 0.132 e. The van der Waals surface area contributed by atoms with E-state index in [4.69, 9.17) is 9.47 Å². The summed E-state index contributed by atoms with van der Waals surface area (Å²) in [7, 11) is 3.15. The van der Waals surface area contributed by atoms with Crippen molar-refractivity contribution in [2.75, 3.05) is 20.8 Å². The van der Waals surface area contributed by atoms with Crippen LogP contribution in [-0.4, -0.2) is 26.8 Å². The van der Waals surface area contributed by atoms with Crippen molar-refractivity contribution in [2.45, 2.75) is 38.3 Å². The quantitative estimate of drug-likeness (QED) is 0.889. The zero-order chi connectivity index (χ0) is 13.7. The lowest BCUT2D eigenvalue weighted by atomic mass is 9.96. The molecule has 1 N–H and O–H groups in total. The van der Waals surface area contributed by atoms with Crippen molar-refractivity contribution < 1.29 is 13.9 Å². The second-order valence-corrected chi connectivity index (χ2v) is 5.00. The molecule has 19 heavy (non-hydrogen) atoms. The van der Waals surface area contributed by atoms with Crippen LogP contribution in [0.3, 0.4) is 0 Å². The summed E-state index contributed by atoms with van der Waals surface area (Å²) < 4.78 is 24.3. The normalized spacial score (nSPS) is 19.4. The molecule has 0 spiro atoms. The molecule has 4 heteroatoms. The summed E-state index contributed by atoms with van der Waals surface area (Å²) in [5.74, 6) is 0.369. The van der Waals surface area contributed by atoms with E-state index in [0.29, 0.717) is 17.4 Å². The predicted octanol–water partition coefficient (Wildman–Crippen LogP) is 2.67. The van der Waals surface area contributed by atoms with Crippen molar-refractivity contribution >= 4 is 0 Å². The van der Waals surface area contributed by atoms with Gasteiger partial charge in [0.1, 0.15) is 11.6 Å². The molecule has 1 heterocycles. The number of hydrogen-bond donors (Lipinski definition) is 1. The van der Waals surface area contributed by atoms with E-state index in [0.717, 1.165) is 18.5 Å². The van der Waals surface area contributed by atoms with Gasteiger partial charge in [-0.15, -0.1) is 0 Å². The van der Waals surface area contributed by atoms with Gasteiger partial charge in [-0.1, -0.05) is 12.5 Å². The highest BCUT2D eigenvalue weighted by atomic mass is 19.1. The van der Waals surface area contributed by atoms with E-state index in [-0.39, 0.29) is 12.4 Å². The van der Waals surface area contributed by atoms with Gasteiger partial charge in [-0.05, 0) is 37.4 Å². The standard InChI is InChI=1S/C15H22FNO2/c1-18-10-13-14(16)7-6-11(15(13)19-2)9-12-5-3-4-8-17-12/h6-7,12,17H,3-5,8-10H2,1-2H3. The Kier molecular flexibility index (Phi) is 5.16. The highest BCUT2D eigenvalue weighted by molar-refractivity contribution is 5.42. The third-order valence-electron chi connectivity index (χ3n) is 3.66. The summed E-state index contributed by atoms with van der Waals surface area (Å²) in [5.41, 5.74) is 1.56. The minimum Gasteiger partial charge on any atom is -0.496 e. The third-order valence-corrected chi connectivity index (χ3v) is 3.66. The van der Waals surface area contributed by atoms with Gasteiger partial charge in [-0.3, -0.25) is 0 Å². The lowest BCUT2D eigenvalue weighted by Crippen LogP contribution is -2.35. The van der Waals surface area contributed by atoms with Gasteiger partial charge in [0.2, 0.25) is 0 Å². The molecule has 0 amide bonds. The number of benzene rings is 1. The van der Waals surface area contributed by atoms with Crippen LogP contribution in [0.5, 0.6) is 5.75 Å². The Morgan fingerprint density at radius 2 is 2.16 bits per heavy atom. The summed E-state index contributed by atoms with van der Waals surface area (Å²) in [5, 5.41) is 3.50. The first-order chi connectivity index (χ1) is 9.26. The van der Waals surface area contributed by atoms with Crippen LogP contribution in [0.15, 0.2) is 12.1 Å². The summed E-state index contributed by atoms with van der Waals surface area (Å²) in [6.45, 7) is 1.31. The van der Waals surface area contributed by atoms with Gasteiger partial charge >= 0.3 is 0 Å². The van der Waals surface area contributed by atoms with E-state index < -0.39 is 0 Å². The molecular formula is C15H22FNO2. The van der Waals surface area contributed by atoms with Crippen molar-refractivity contribution in [2.24, 2.45) is 0 Å². The molecule has 0 bridgehead atoms. The van der Waals surface area contributed by atoms with Crippen LogP contribution < -0.4 is 10.1 Å². The average Bonchev–Trinajstić information content (AvgIpc) is 2.44. The van der Waals surface area contributed by atoms with E-state index in [1.807, 2.05) is 6.07 Å². The Bertz CT molecular complexity index is 417. The summed E-state index contributed by atoms with van der Waals surface area (Å²) >= 11 is 0. The maximum absolute atomic E-state index is 13.8. The second-order valence-electron chi connectivity index (χ2n) is 5.00. The first kappa shape index (κ1) is 14.3. The van der Waals surface area contributed by atoms with Gasteiger partial charge in [0.15, 0.2) is 0 Å². The van der Waals surface area contributed by atoms with Crippen LogP contribution in [0.25, 0.3) is 0 Å². The molecule has 1 aliphatic rings. The molecule has 0 aliphatic carbocycles. The summed E-state index contributed by atoms with van der Waals surface area (Å²) in [4.78, 5) is 0. The number of ether oxygens (including phenoxy) is 2. The molecule has 1 aliphatic heterocycles. The number of piperidine rings is 1. The van der Waals surface area contributed by atoms with Crippen molar-refractivity contribution in [3.8, 4) is 5.75 Å². The Balaban J connectivity index is 2.21. The van der Waals surface area contributed by atoms with Crippen molar-refractivity contribution in [1.29, 1.82) is 0 Å². The zero-order valence-electron chi connectivity index (χ0n) is 11.7. The topological polar surface area (TPSA) is 30.5 Å². The zero-order valence-corrected chi connectivity index (χ0v) is 11.7. The molecule has 1 atom stereocenters. The number of halogens is 1. The van der Waals surface area contributed by atoms with Crippen molar-refractivity contribution in [3.63, 3.8) is 0 Å². The molecule has 1 saturated heterocycles. The maximum Gasteiger partial charge on any atom is 0.132 e. The Morgan fingerprint density at radius 1 is 1.32 bits per heavy atom. The van der Waals surface area contributed by atoms with Crippen LogP contribution in [-0.2, 0) is 17.8 Å². The van der Waals surface area contributed by atoms with Gasteiger partial charge in [0, 0.05) is 13.2 Å². The number of methoxy groups -OCH3 is 2. The van der Waals surface area contributed by atoms with Gasteiger partial charge in [0.25, 0.3) is 0 Å². The fraction of sp³-hybridized carbons (Fsp3) is 0.600. The molecule has 1 fully saturated rings. The molecule has 2 rings (SSSR count). The van der Waals surface area contributed by atoms with Crippen LogP contribution in [0.4, 0.5) is 4.39 Å². The van der Waals surface area contributed by atoms with E-state index in [1.165, 1.54) is 25.3 Å². The van der Waals surface area contributed by atoms with E-state index in [9.17, 15) is 4.39 Å². The molecule has 0 aromatic heterocycles. The van der Waals surface area contributed by atoms with E-state index in [1.54, 1.807) is 14.2 Å². The third kappa shape index (κ3) is 3.45. The van der Waals surface area contributed by atoms with Crippen LogP contribution in [0.1, 0.15) is 30.4 Å².